The lowest BCUT2D eigenvalue weighted by atomic mass is 9.99. The van der Waals surface area contributed by atoms with Crippen molar-refractivity contribution in [2.24, 2.45) is 0 Å². The van der Waals surface area contributed by atoms with E-state index in [1.807, 2.05) is 0 Å². The van der Waals surface area contributed by atoms with Gasteiger partial charge in [0.15, 0.2) is 11.5 Å². The number of aliphatic hydroxyl groups excluding tert-OH is 1. The van der Waals surface area contributed by atoms with Crippen LogP contribution in [-0.2, 0) is 15.0 Å². The summed E-state index contributed by atoms with van der Waals surface area (Å²) in [5.41, 5.74) is 1.82. The number of ether oxygens (including phenoxy) is 2. The van der Waals surface area contributed by atoms with Crippen LogP contribution in [0.15, 0.2) is 42.5 Å². The summed E-state index contributed by atoms with van der Waals surface area (Å²) in [7, 11) is -2.50. The zero-order valence-corrected chi connectivity index (χ0v) is 17.3. The van der Waals surface area contributed by atoms with Crippen LogP contribution in [0.3, 0.4) is 0 Å². The van der Waals surface area contributed by atoms with Crippen molar-refractivity contribution in [3.05, 3.63) is 53.6 Å². The van der Waals surface area contributed by atoms with E-state index < -0.39 is 34.3 Å². The van der Waals surface area contributed by atoms with Gasteiger partial charge in [0, 0.05) is 12.7 Å². The van der Waals surface area contributed by atoms with E-state index in [4.69, 9.17) is 9.47 Å². The molecule has 0 saturated carbocycles. The first-order valence-electron chi connectivity index (χ1n) is 9.48. The summed E-state index contributed by atoms with van der Waals surface area (Å²) in [5.74, 6) is 0.694. The molecule has 2 aliphatic heterocycles. The number of rotatable bonds is 4. The van der Waals surface area contributed by atoms with Crippen molar-refractivity contribution < 1.29 is 27.8 Å². The van der Waals surface area contributed by atoms with E-state index in [-0.39, 0.29) is 13.2 Å². The molecule has 1 saturated heterocycles. The molecule has 2 heterocycles. The van der Waals surface area contributed by atoms with Crippen molar-refractivity contribution in [3.63, 3.8) is 0 Å². The molecule has 3 atom stereocenters. The van der Waals surface area contributed by atoms with Crippen molar-refractivity contribution in [1.82, 2.24) is 9.03 Å². The minimum Gasteiger partial charge on any atom is -0.454 e. The van der Waals surface area contributed by atoms with Crippen LogP contribution in [0, 0.1) is 0 Å². The summed E-state index contributed by atoms with van der Waals surface area (Å²) in [4.78, 5) is 13.0. The third kappa shape index (κ3) is 3.99. The first kappa shape index (κ1) is 20.6. The lowest BCUT2D eigenvalue weighted by Crippen LogP contribution is -2.55. The summed E-state index contributed by atoms with van der Waals surface area (Å²) in [6, 6.07) is 10.5. The standard InChI is InChI=1S/C20H23N3O6S/c1-12(24)13-4-3-5-15(8-13)21-20(25)17-10-16(22-30(26,27)23(17)2)14-6-7-18-19(9-14)29-11-28-18/h3-9,12,16-17,22,24H,10-11H2,1-2H3,(H,21,25). The zero-order valence-electron chi connectivity index (χ0n) is 16.5. The Bertz CT molecular complexity index is 1070. The molecule has 2 aromatic carbocycles. The second kappa shape index (κ2) is 7.88. The van der Waals surface area contributed by atoms with Crippen LogP contribution >= 0.6 is 0 Å². The van der Waals surface area contributed by atoms with E-state index in [0.717, 1.165) is 4.31 Å². The van der Waals surface area contributed by atoms with Gasteiger partial charge in [0.25, 0.3) is 10.2 Å². The van der Waals surface area contributed by atoms with Crippen molar-refractivity contribution in [3.8, 4) is 11.5 Å². The van der Waals surface area contributed by atoms with Crippen LogP contribution in [0.1, 0.15) is 36.6 Å². The summed E-state index contributed by atoms with van der Waals surface area (Å²) < 4.78 is 39.6. The number of benzene rings is 2. The lowest BCUT2D eigenvalue weighted by molar-refractivity contribution is -0.120. The molecule has 4 rings (SSSR count). The molecule has 2 aliphatic rings. The van der Waals surface area contributed by atoms with Crippen LogP contribution in [0.2, 0.25) is 0 Å². The van der Waals surface area contributed by atoms with Gasteiger partial charge in [-0.05, 0) is 48.7 Å². The second-order valence-electron chi connectivity index (χ2n) is 7.35. The van der Waals surface area contributed by atoms with Gasteiger partial charge in [0.05, 0.1) is 12.1 Å². The number of hydrogen-bond donors (Lipinski definition) is 3. The monoisotopic (exact) mass is 433 g/mol. The molecule has 0 aliphatic carbocycles. The van der Waals surface area contributed by atoms with Crippen molar-refractivity contribution in [2.45, 2.75) is 31.5 Å². The van der Waals surface area contributed by atoms with E-state index in [1.54, 1.807) is 49.4 Å². The number of anilines is 1. The fourth-order valence-corrected chi connectivity index (χ4v) is 4.83. The van der Waals surface area contributed by atoms with Crippen LogP contribution in [-0.4, -0.2) is 43.6 Å². The molecule has 0 spiro atoms. The highest BCUT2D eigenvalue weighted by Crippen LogP contribution is 2.37. The number of nitrogens with one attached hydrogen (secondary N) is 2. The number of amides is 1. The smallest absolute Gasteiger partial charge is 0.280 e. The average molecular weight is 433 g/mol. The first-order valence-corrected chi connectivity index (χ1v) is 10.9. The molecule has 9 nitrogen and oxygen atoms in total. The predicted molar refractivity (Wildman–Crippen MR) is 109 cm³/mol. The fourth-order valence-electron chi connectivity index (χ4n) is 3.56. The molecule has 0 aromatic heterocycles. The first-order chi connectivity index (χ1) is 14.2. The Morgan fingerprint density at radius 1 is 1.23 bits per heavy atom. The van der Waals surface area contributed by atoms with E-state index >= 15 is 0 Å². The number of nitrogens with zero attached hydrogens (tertiary/aromatic N) is 1. The highest BCUT2D eigenvalue weighted by atomic mass is 32.2. The molecular formula is C20H23N3O6S. The van der Waals surface area contributed by atoms with Gasteiger partial charge < -0.3 is 19.9 Å². The van der Waals surface area contributed by atoms with Crippen molar-refractivity contribution in [2.75, 3.05) is 19.2 Å². The Morgan fingerprint density at radius 3 is 2.77 bits per heavy atom. The van der Waals surface area contributed by atoms with E-state index in [9.17, 15) is 18.3 Å². The zero-order chi connectivity index (χ0) is 21.5. The molecule has 30 heavy (non-hydrogen) atoms. The van der Waals surface area contributed by atoms with Gasteiger partial charge in [-0.3, -0.25) is 4.79 Å². The van der Waals surface area contributed by atoms with E-state index in [1.165, 1.54) is 7.05 Å². The number of carbonyl (C=O) groups excluding carboxylic acids is 1. The molecule has 3 unspecified atom stereocenters. The van der Waals surface area contributed by atoms with Gasteiger partial charge in [0.2, 0.25) is 12.7 Å². The third-order valence-corrected chi connectivity index (χ3v) is 6.90. The number of aliphatic hydroxyl groups is 1. The maximum Gasteiger partial charge on any atom is 0.280 e. The molecule has 3 N–H and O–H groups in total. The minimum atomic E-state index is -3.87. The summed E-state index contributed by atoms with van der Waals surface area (Å²) in [5, 5.41) is 12.5. The Labute approximate surface area is 174 Å². The van der Waals surface area contributed by atoms with Gasteiger partial charge in [-0.2, -0.15) is 17.4 Å². The topological polar surface area (TPSA) is 117 Å². The van der Waals surface area contributed by atoms with Gasteiger partial charge in [-0.25, -0.2) is 0 Å². The van der Waals surface area contributed by atoms with Crippen LogP contribution in [0.4, 0.5) is 5.69 Å². The second-order valence-corrected chi connectivity index (χ2v) is 9.11. The van der Waals surface area contributed by atoms with Gasteiger partial charge >= 0.3 is 0 Å². The molecule has 10 heteroatoms. The average Bonchev–Trinajstić information content (AvgIpc) is 3.17. The molecular weight excluding hydrogens is 410 g/mol. The lowest BCUT2D eigenvalue weighted by Gasteiger charge is -2.36. The van der Waals surface area contributed by atoms with Gasteiger partial charge in [0.1, 0.15) is 6.04 Å². The number of hydrogen-bond acceptors (Lipinski definition) is 6. The maximum absolute atomic E-state index is 13.0. The van der Waals surface area contributed by atoms with Crippen LogP contribution in [0.5, 0.6) is 11.5 Å². The number of carbonyl (C=O) groups is 1. The summed E-state index contributed by atoms with van der Waals surface area (Å²) in [6.07, 6.45) is -0.448. The largest absolute Gasteiger partial charge is 0.454 e. The van der Waals surface area contributed by atoms with Crippen LogP contribution < -0.4 is 19.5 Å². The highest BCUT2D eigenvalue weighted by Gasteiger charge is 2.41. The molecule has 1 fully saturated rings. The Morgan fingerprint density at radius 2 is 2.00 bits per heavy atom. The van der Waals surface area contributed by atoms with E-state index in [2.05, 4.69) is 10.0 Å². The molecule has 2 aromatic rings. The van der Waals surface area contributed by atoms with Gasteiger partial charge in [-0.15, -0.1) is 0 Å². The normalized spacial score (nSPS) is 23.7. The minimum absolute atomic E-state index is 0.120. The Balaban J connectivity index is 1.57. The summed E-state index contributed by atoms with van der Waals surface area (Å²) >= 11 is 0. The third-order valence-electron chi connectivity index (χ3n) is 5.31. The highest BCUT2D eigenvalue weighted by molar-refractivity contribution is 7.87. The van der Waals surface area contributed by atoms with Crippen LogP contribution in [0.25, 0.3) is 0 Å². The Kier molecular flexibility index (Phi) is 5.41. The maximum atomic E-state index is 13.0. The van der Waals surface area contributed by atoms with Crippen molar-refractivity contribution in [1.29, 1.82) is 0 Å². The molecule has 1 amide bonds. The van der Waals surface area contributed by atoms with Crippen molar-refractivity contribution >= 4 is 21.8 Å². The fraction of sp³-hybridized carbons (Fsp3) is 0.350. The SMILES string of the molecule is CC(O)c1cccc(NC(=O)C2CC(c3ccc4c(c3)OCO4)NS(=O)(=O)N2C)c1. The molecule has 160 valence electrons. The molecule has 0 radical (unpaired) electrons. The molecule has 0 bridgehead atoms. The number of fused-ring (bicyclic) bond motifs is 1. The quantitative estimate of drug-likeness (QED) is 0.676. The Hall–Kier alpha value is -2.66. The van der Waals surface area contributed by atoms with E-state index in [0.29, 0.717) is 28.3 Å². The van der Waals surface area contributed by atoms with Gasteiger partial charge in [-0.1, -0.05) is 18.2 Å². The number of likely N-dealkylation sites (N-methyl/N-ethyl adjacent to an activating group) is 1. The predicted octanol–water partition coefficient (Wildman–Crippen LogP) is 1.69. The summed E-state index contributed by atoms with van der Waals surface area (Å²) in [6.45, 7) is 1.75.